The van der Waals surface area contributed by atoms with Crippen LogP contribution in [0.4, 0.5) is 11.4 Å². The SMILES string of the molecule is Nc1ccc2c(c1)OCCN2CC(=O)NCc1ccccc1. The molecule has 114 valence electrons. The lowest BCUT2D eigenvalue weighted by Gasteiger charge is -2.30. The summed E-state index contributed by atoms with van der Waals surface area (Å²) in [5, 5.41) is 2.94. The molecular formula is C17H19N3O2. The Bertz CT molecular complexity index is 658. The molecule has 5 heteroatoms. The number of hydrogen-bond donors (Lipinski definition) is 2. The third-order valence-electron chi connectivity index (χ3n) is 3.61. The highest BCUT2D eigenvalue weighted by molar-refractivity contribution is 5.82. The minimum Gasteiger partial charge on any atom is -0.489 e. The number of carbonyl (C=O) groups is 1. The molecule has 0 fully saturated rings. The summed E-state index contributed by atoms with van der Waals surface area (Å²) in [4.78, 5) is 14.2. The predicted molar refractivity (Wildman–Crippen MR) is 86.9 cm³/mol. The Morgan fingerprint density at radius 1 is 1.23 bits per heavy atom. The van der Waals surface area contributed by atoms with Gasteiger partial charge in [-0.25, -0.2) is 0 Å². The van der Waals surface area contributed by atoms with Crippen LogP contribution in [0.3, 0.4) is 0 Å². The number of nitrogens with two attached hydrogens (primary N) is 1. The quantitative estimate of drug-likeness (QED) is 0.844. The molecule has 1 amide bonds. The van der Waals surface area contributed by atoms with Crippen LogP contribution in [0.2, 0.25) is 0 Å². The molecule has 0 saturated heterocycles. The molecule has 3 rings (SSSR count). The van der Waals surface area contributed by atoms with Crippen LogP contribution in [0.1, 0.15) is 5.56 Å². The first-order valence-electron chi connectivity index (χ1n) is 7.30. The first-order valence-corrected chi connectivity index (χ1v) is 7.30. The maximum atomic E-state index is 12.1. The standard InChI is InChI=1S/C17H19N3O2/c18-14-6-7-15-16(10-14)22-9-8-20(15)12-17(21)19-11-13-4-2-1-3-5-13/h1-7,10H,8-9,11-12,18H2,(H,19,21). The highest BCUT2D eigenvalue weighted by Gasteiger charge is 2.20. The van der Waals surface area contributed by atoms with Gasteiger partial charge in [0, 0.05) is 18.3 Å². The number of nitrogen functional groups attached to an aromatic ring is 1. The predicted octanol–water partition coefficient (Wildman–Crippen LogP) is 1.78. The summed E-state index contributed by atoms with van der Waals surface area (Å²) < 4.78 is 5.59. The number of fused-ring (bicyclic) bond motifs is 1. The average Bonchev–Trinajstić information content (AvgIpc) is 2.54. The molecule has 0 spiro atoms. The van der Waals surface area contributed by atoms with Crippen LogP contribution >= 0.6 is 0 Å². The van der Waals surface area contributed by atoms with Gasteiger partial charge in [0.05, 0.1) is 18.8 Å². The molecule has 0 aliphatic carbocycles. The van der Waals surface area contributed by atoms with Gasteiger partial charge in [0.1, 0.15) is 12.4 Å². The zero-order valence-electron chi connectivity index (χ0n) is 12.3. The maximum Gasteiger partial charge on any atom is 0.239 e. The van der Waals surface area contributed by atoms with Crippen LogP contribution in [0.15, 0.2) is 48.5 Å². The second-order valence-corrected chi connectivity index (χ2v) is 5.26. The number of amides is 1. The Kier molecular flexibility index (Phi) is 4.14. The minimum atomic E-state index is -0.00599. The summed E-state index contributed by atoms with van der Waals surface area (Å²) in [5.41, 5.74) is 8.43. The van der Waals surface area contributed by atoms with E-state index in [0.29, 0.717) is 31.9 Å². The Morgan fingerprint density at radius 2 is 2.05 bits per heavy atom. The lowest BCUT2D eigenvalue weighted by atomic mass is 10.2. The third-order valence-corrected chi connectivity index (χ3v) is 3.61. The van der Waals surface area contributed by atoms with Gasteiger partial charge < -0.3 is 20.7 Å². The molecule has 2 aromatic rings. The molecule has 1 aliphatic rings. The van der Waals surface area contributed by atoms with Gasteiger partial charge >= 0.3 is 0 Å². The van der Waals surface area contributed by atoms with E-state index in [0.717, 1.165) is 17.0 Å². The summed E-state index contributed by atoms with van der Waals surface area (Å²) in [6.07, 6.45) is 0. The van der Waals surface area contributed by atoms with Gasteiger partial charge in [-0.15, -0.1) is 0 Å². The van der Waals surface area contributed by atoms with Crippen LogP contribution < -0.4 is 20.7 Å². The van der Waals surface area contributed by atoms with Crippen molar-refractivity contribution in [1.29, 1.82) is 0 Å². The molecule has 0 radical (unpaired) electrons. The number of ether oxygens (including phenoxy) is 1. The van der Waals surface area contributed by atoms with Crippen molar-refractivity contribution in [3.8, 4) is 5.75 Å². The summed E-state index contributed by atoms with van der Waals surface area (Å²) >= 11 is 0. The van der Waals surface area contributed by atoms with Crippen molar-refractivity contribution in [2.75, 3.05) is 30.3 Å². The number of nitrogens with one attached hydrogen (secondary N) is 1. The normalized spacial score (nSPS) is 13.2. The zero-order valence-corrected chi connectivity index (χ0v) is 12.3. The maximum absolute atomic E-state index is 12.1. The minimum absolute atomic E-state index is 0.00599. The molecule has 0 aromatic heterocycles. The largest absolute Gasteiger partial charge is 0.489 e. The second kappa shape index (κ2) is 6.39. The molecule has 0 bridgehead atoms. The van der Waals surface area contributed by atoms with E-state index in [1.165, 1.54) is 0 Å². The van der Waals surface area contributed by atoms with Crippen LogP contribution in [-0.2, 0) is 11.3 Å². The Hall–Kier alpha value is -2.69. The van der Waals surface area contributed by atoms with Crippen molar-refractivity contribution in [2.24, 2.45) is 0 Å². The molecule has 22 heavy (non-hydrogen) atoms. The zero-order chi connectivity index (χ0) is 15.4. The second-order valence-electron chi connectivity index (χ2n) is 5.26. The number of carbonyl (C=O) groups excluding carboxylic acids is 1. The summed E-state index contributed by atoms with van der Waals surface area (Å²) in [7, 11) is 0. The van der Waals surface area contributed by atoms with Crippen LogP contribution in [0, 0.1) is 0 Å². The number of hydrogen-bond acceptors (Lipinski definition) is 4. The molecule has 5 nitrogen and oxygen atoms in total. The molecule has 1 heterocycles. The van der Waals surface area contributed by atoms with Gasteiger partial charge in [-0.3, -0.25) is 4.79 Å². The average molecular weight is 297 g/mol. The molecule has 0 atom stereocenters. The topological polar surface area (TPSA) is 67.6 Å². The number of nitrogens with zero attached hydrogens (tertiary/aromatic N) is 1. The monoisotopic (exact) mass is 297 g/mol. The smallest absolute Gasteiger partial charge is 0.239 e. The molecule has 0 unspecified atom stereocenters. The van der Waals surface area contributed by atoms with E-state index in [1.54, 1.807) is 6.07 Å². The van der Waals surface area contributed by atoms with Crippen molar-refractivity contribution in [1.82, 2.24) is 5.32 Å². The van der Waals surface area contributed by atoms with Gasteiger partial charge in [-0.05, 0) is 17.7 Å². The van der Waals surface area contributed by atoms with Gasteiger partial charge in [0.25, 0.3) is 0 Å². The molecule has 3 N–H and O–H groups in total. The number of benzene rings is 2. The first-order chi connectivity index (χ1) is 10.7. The lowest BCUT2D eigenvalue weighted by molar-refractivity contribution is -0.120. The number of rotatable bonds is 4. The number of anilines is 2. The Balaban J connectivity index is 1.61. The molecule has 2 aromatic carbocycles. The summed E-state index contributed by atoms with van der Waals surface area (Å²) in [6, 6.07) is 15.4. The van der Waals surface area contributed by atoms with Gasteiger partial charge in [0.15, 0.2) is 0 Å². The Morgan fingerprint density at radius 3 is 2.86 bits per heavy atom. The highest BCUT2D eigenvalue weighted by Crippen LogP contribution is 2.32. The van der Waals surface area contributed by atoms with Crippen molar-refractivity contribution in [3.63, 3.8) is 0 Å². The van der Waals surface area contributed by atoms with Crippen LogP contribution in [0.5, 0.6) is 5.75 Å². The van der Waals surface area contributed by atoms with Gasteiger partial charge in [-0.2, -0.15) is 0 Å². The van der Waals surface area contributed by atoms with E-state index in [2.05, 4.69) is 5.32 Å². The summed E-state index contributed by atoms with van der Waals surface area (Å²) in [5.74, 6) is 0.732. The highest BCUT2D eigenvalue weighted by atomic mass is 16.5. The van der Waals surface area contributed by atoms with E-state index in [1.807, 2.05) is 47.4 Å². The molecule has 1 aliphatic heterocycles. The third kappa shape index (κ3) is 3.31. The first kappa shape index (κ1) is 14.3. The van der Waals surface area contributed by atoms with Crippen molar-refractivity contribution < 1.29 is 9.53 Å². The van der Waals surface area contributed by atoms with E-state index < -0.39 is 0 Å². The van der Waals surface area contributed by atoms with E-state index in [9.17, 15) is 4.79 Å². The fourth-order valence-corrected chi connectivity index (χ4v) is 2.48. The summed E-state index contributed by atoms with van der Waals surface area (Å²) in [6.45, 7) is 2.10. The molecular weight excluding hydrogens is 278 g/mol. The van der Waals surface area contributed by atoms with Crippen molar-refractivity contribution in [2.45, 2.75) is 6.54 Å². The van der Waals surface area contributed by atoms with Gasteiger partial charge in [0.2, 0.25) is 5.91 Å². The van der Waals surface area contributed by atoms with Gasteiger partial charge in [-0.1, -0.05) is 30.3 Å². The van der Waals surface area contributed by atoms with Crippen molar-refractivity contribution in [3.05, 3.63) is 54.1 Å². The fourth-order valence-electron chi connectivity index (χ4n) is 2.48. The Labute approximate surface area is 129 Å². The van der Waals surface area contributed by atoms with E-state index in [4.69, 9.17) is 10.5 Å². The molecule has 0 saturated carbocycles. The van der Waals surface area contributed by atoms with E-state index in [-0.39, 0.29) is 5.91 Å². The van der Waals surface area contributed by atoms with Crippen LogP contribution in [0.25, 0.3) is 0 Å². The fraction of sp³-hybridized carbons (Fsp3) is 0.235. The van der Waals surface area contributed by atoms with Crippen LogP contribution in [-0.4, -0.2) is 25.6 Å². The lowest BCUT2D eigenvalue weighted by Crippen LogP contribution is -2.41. The van der Waals surface area contributed by atoms with E-state index >= 15 is 0 Å². The van der Waals surface area contributed by atoms with Crippen molar-refractivity contribution >= 4 is 17.3 Å².